The third-order valence-electron chi connectivity index (χ3n) is 4.40. The molecule has 1 aliphatic rings. The lowest BCUT2D eigenvalue weighted by atomic mass is 9.76. The third kappa shape index (κ3) is 4.57. The summed E-state index contributed by atoms with van der Waals surface area (Å²) < 4.78 is 0. The minimum atomic E-state index is 0.474. The molecule has 1 heterocycles. The Morgan fingerprint density at radius 1 is 1.26 bits per heavy atom. The zero-order valence-corrected chi connectivity index (χ0v) is 13.6. The SMILES string of the molecule is Cc1cnc(CNC2CCCC(C(C)(C)C)CC2)s1. The van der Waals surface area contributed by atoms with E-state index < -0.39 is 0 Å². The molecule has 0 aliphatic heterocycles. The van der Waals surface area contributed by atoms with Crippen molar-refractivity contribution in [2.75, 3.05) is 0 Å². The van der Waals surface area contributed by atoms with Crippen molar-refractivity contribution in [1.82, 2.24) is 10.3 Å². The number of aryl methyl sites for hydroxylation is 1. The number of thiazole rings is 1. The number of hydrogen-bond acceptors (Lipinski definition) is 3. The highest BCUT2D eigenvalue weighted by Crippen LogP contribution is 2.36. The molecule has 0 bridgehead atoms. The van der Waals surface area contributed by atoms with Crippen LogP contribution in [0.15, 0.2) is 6.20 Å². The Kier molecular flexibility index (Phi) is 5.02. The van der Waals surface area contributed by atoms with Gasteiger partial charge in [0, 0.05) is 23.7 Å². The molecule has 0 radical (unpaired) electrons. The molecule has 1 aromatic rings. The van der Waals surface area contributed by atoms with E-state index in [0.29, 0.717) is 11.5 Å². The number of aromatic nitrogens is 1. The van der Waals surface area contributed by atoms with E-state index in [9.17, 15) is 0 Å². The number of nitrogens with one attached hydrogen (secondary N) is 1. The molecule has 19 heavy (non-hydrogen) atoms. The highest BCUT2D eigenvalue weighted by Gasteiger charge is 2.27. The van der Waals surface area contributed by atoms with Gasteiger partial charge < -0.3 is 5.32 Å². The van der Waals surface area contributed by atoms with E-state index >= 15 is 0 Å². The first-order chi connectivity index (χ1) is 8.95. The van der Waals surface area contributed by atoms with Gasteiger partial charge in [-0.2, -0.15) is 0 Å². The first kappa shape index (κ1) is 15.0. The lowest BCUT2D eigenvalue weighted by molar-refractivity contribution is 0.213. The van der Waals surface area contributed by atoms with Gasteiger partial charge >= 0.3 is 0 Å². The predicted octanol–water partition coefficient (Wildman–Crippen LogP) is 4.54. The van der Waals surface area contributed by atoms with Gasteiger partial charge in [0.25, 0.3) is 0 Å². The summed E-state index contributed by atoms with van der Waals surface area (Å²) in [5.74, 6) is 0.890. The maximum Gasteiger partial charge on any atom is 0.107 e. The van der Waals surface area contributed by atoms with Crippen LogP contribution in [0, 0.1) is 18.3 Å². The van der Waals surface area contributed by atoms with Crippen LogP contribution >= 0.6 is 11.3 Å². The molecule has 0 saturated heterocycles. The molecule has 0 aromatic carbocycles. The van der Waals surface area contributed by atoms with Crippen LogP contribution in [0.25, 0.3) is 0 Å². The maximum atomic E-state index is 4.43. The van der Waals surface area contributed by atoms with Crippen molar-refractivity contribution in [3.8, 4) is 0 Å². The Bertz CT molecular complexity index is 392. The van der Waals surface area contributed by atoms with Gasteiger partial charge in [-0.05, 0) is 43.9 Å². The van der Waals surface area contributed by atoms with Crippen LogP contribution in [0.5, 0.6) is 0 Å². The molecular formula is C16H28N2S. The summed E-state index contributed by atoms with van der Waals surface area (Å²) in [6, 6.07) is 0.691. The zero-order valence-electron chi connectivity index (χ0n) is 12.8. The van der Waals surface area contributed by atoms with Gasteiger partial charge in [-0.3, -0.25) is 0 Å². The lowest BCUT2D eigenvalue weighted by Crippen LogP contribution is -2.28. The standard InChI is InChI=1S/C16H28N2S/c1-12-10-18-15(19-12)11-17-14-7-5-6-13(8-9-14)16(2,3)4/h10,13-14,17H,5-9,11H2,1-4H3. The van der Waals surface area contributed by atoms with Crippen LogP contribution < -0.4 is 5.32 Å². The fraction of sp³-hybridized carbons (Fsp3) is 0.812. The molecule has 1 saturated carbocycles. The van der Waals surface area contributed by atoms with Crippen LogP contribution in [-0.4, -0.2) is 11.0 Å². The average molecular weight is 280 g/mol. The van der Waals surface area contributed by atoms with Crippen LogP contribution in [-0.2, 0) is 6.54 Å². The monoisotopic (exact) mass is 280 g/mol. The summed E-state index contributed by atoms with van der Waals surface area (Å²) in [6.07, 6.45) is 8.78. The Morgan fingerprint density at radius 3 is 2.68 bits per heavy atom. The molecule has 0 spiro atoms. The molecule has 0 amide bonds. The number of nitrogens with zero attached hydrogens (tertiary/aromatic N) is 1. The van der Waals surface area contributed by atoms with E-state index in [0.717, 1.165) is 12.5 Å². The molecular weight excluding hydrogens is 252 g/mol. The van der Waals surface area contributed by atoms with Gasteiger partial charge in [-0.25, -0.2) is 4.98 Å². The minimum absolute atomic E-state index is 0.474. The largest absolute Gasteiger partial charge is 0.308 e. The Hall–Kier alpha value is -0.410. The second kappa shape index (κ2) is 6.36. The smallest absolute Gasteiger partial charge is 0.107 e. The Labute approximate surface area is 122 Å². The van der Waals surface area contributed by atoms with Gasteiger partial charge in [-0.15, -0.1) is 11.3 Å². The minimum Gasteiger partial charge on any atom is -0.308 e. The highest BCUT2D eigenvalue weighted by molar-refractivity contribution is 7.11. The Morgan fingerprint density at radius 2 is 2.05 bits per heavy atom. The Balaban J connectivity index is 1.80. The van der Waals surface area contributed by atoms with Gasteiger partial charge in [-0.1, -0.05) is 27.2 Å². The van der Waals surface area contributed by atoms with Crippen molar-refractivity contribution in [1.29, 1.82) is 0 Å². The molecule has 1 N–H and O–H groups in total. The first-order valence-electron chi connectivity index (χ1n) is 7.60. The van der Waals surface area contributed by atoms with Crippen LogP contribution in [0.2, 0.25) is 0 Å². The van der Waals surface area contributed by atoms with Crippen molar-refractivity contribution in [2.24, 2.45) is 11.3 Å². The fourth-order valence-corrected chi connectivity index (χ4v) is 3.82. The van der Waals surface area contributed by atoms with E-state index in [-0.39, 0.29) is 0 Å². The summed E-state index contributed by atoms with van der Waals surface area (Å²) in [5, 5.41) is 4.94. The molecule has 2 atom stereocenters. The molecule has 2 nitrogen and oxygen atoms in total. The van der Waals surface area contributed by atoms with Crippen LogP contribution in [0.4, 0.5) is 0 Å². The summed E-state index contributed by atoms with van der Waals surface area (Å²) >= 11 is 1.81. The lowest BCUT2D eigenvalue weighted by Gasteiger charge is -2.29. The zero-order chi connectivity index (χ0) is 13.9. The van der Waals surface area contributed by atoms with Gasteiger partial charge in [0.05, 0.1) is 0 Å². The van der Waals surface area contributed by atoms with Crippen molar-refractivity contribution in [3.63, 3.8) is 0 Å². The molecule has 1 aliphatic carbocycles. The molecule has 3 heteroatoms. The molecule has 2 unspecified atom stereocenters. The summed E-state index contributed by atoms with van der Waals surface area (Å²) in [7, 11) is 0. The van der Waals surface area contributed by atoms with Crippen molar-refractivity contribution < 1.29 is 0 Å². The summed E-state index contributed by atoms with van der Waals surface area (Å²) in [5.41, 5.74) is 0.474. The van der Waals surface area contributed by atoms with E-state index in [1.54, 1.807) is 0 Å². The first-order valence-corrected chi connectivity index (χ1v) is 8.41. The number of hydrogen-bond donors (Lipinski definition) is 1. The third-order valence-corrected chi connectivity index (χ3v) is 5.32. The quantitative estimate of drug-likeness (QED) is 0.822. The van der Waals surface area contributed by atoms with Gasteiger partial charge in [0.2, 0.25) is 0 Å². The second-order valence-electron chi connectivity index (χ2n) is 7.01. The van der Waals surface area contributed by atoms with Gasteiger partial charge in [0.1, 0.15) is 5.01 Å². The van der Waals surface area contributed by atoms with Crippen molar-refractivity contribution in [2.45, 2.75) is 72.4 Å². The van der Waals surface area contributed by atoms with Crippen LogP contribution in [0.1, 0.15) is 62.8 Å². The topological polar surface area (TPSA) is 24.9 Å². The van der Waals surface area contributed by atoms with Crippen molar-refractivity contribution in [3.05, 3.63) is 16.1 Å². The van der Waals surface area contributed by atoms with E-state index in [1.807, 2.05) is 17.5 Å². The van der Waals surface area contributed by atoms with E-state index in [1.165, 1.54) is 42.0 Å². The predicted molar refractivity (Wildman–Crippen MR) is 83.5 cm³/mol. The fourth-order valence-electron chi connectivity index (χ4n) is 3.09. The van der Waals surface area contributed by atoms with Crippen molar-refractivity contribution >= 4 is 11.3 Å². The molecule has 2 rings (SSSR count). The summed E-state index contributed by atoms with van der Waals surface area (Å²) in [6.45, 7) is 10.3. The molecule has 1 fully saturated rings. The second-order valence-corrected chi connectivity index (χ2v) is 8.33. The van der Waals surface area contributed by atoms with E-state index in [2.05, 4.69) is 38.0 Å². The normalized spacial score (nSPS) is 25.3. The summed E-state index contributed by atoms with van der Waals surface area (Å²) in [4.78, 5) is 5.74. The van der Waals surface area contributed by atoms with Crippen LogP contribution in [0.3, 0.4) is 0 Å². The molecule has 108 valence electrons. The van der Waals surface area contributed by atoms with E-state index in [4.69, 9.17) is 0 Å². The highest BCUT2D eigenvalue weighted by atomic mass is 32.1. The maximum absolute atomic E-state index is 4.43. The number of rotatable bonds is 3. The van der Waals surface area contributed by atoms with Gasteiger partial charge in [0.15, 0.2) is 0 Å². The average Bonchev–Trinajstić information content (AvgIpc) is 2.61. The molecule has 1 aromatic heterocycles.